The molecule has 1 fully saturated rings. The fourth-order valence-electron chi connectivity index (χ4n) is 2.38. The van der Waals surface area contributed by atoms with E-state index in [2.05, 4.69) is 34.0 Å². The zero-order chi connectivity index (χ0) is 12.8. The van der Waals surface area contributed by atoms with Crippen LogP contribution >= 0.6 is 0 Å². The van der Waals surface area contributed by atoms with Crippen molar-refractivity contribution in [2.75, 3.05) is 24.5 Å². The molecule has 2 N–H and O–H groups in total. The molecule has 102 valence electrons. The van der Waals surface area contributed by atoms with Crippen LogP contribution in [0.1, 0.15) is 45.2 Å². The Labute approximate surface area is 110 Å². The number of H-pyrrole nitrogens is 1. The summed E-state index contributed by atoms with van der Waals surface area (Å²) < 4.78 is 0. The highest BCUT2D eigenvalue weighted by molar-refractivity contribution is 5.31. The van der Waals surface area contributed by atoms with Crippen LogP contribution in [0, 0.1) is 5.92 Å². The number of aromatic amines is 1. The van der Waals surface area contributed by atoms with E-state index in [-0.39, 0.29) is 0 Å². The molecular formula is C14H26N4. The third-order valence-electron chi connectivity index (χ3n) is 3.39. The first-order chi connectivity index (χ1) is 8.75. The van der Waals surface area contributed by atoms with Crippen molar-refractivity contribution >= 4 is 5.95 Å². The minimum Gasteiger partial charge on any atom is -0.342 e. The van der Waals surface area contributed by atoms with Crippen LogP contribution in [-0.4, -0.2) is 29.6 Å². The average molecular weight is 250 g/mol. The molecule has 0 amide bonds. The van der Waals surface area contributed by atoms with Gasteiger partial charge >= 0.3 is 0 Å². The molecule has 2 heterocycles. The molecule has 0 spiro atoms. The quantitative estimate of drug-likeness (QED) is 0.844. The lowest BCUT2D eigenvalue weighted by atomic mass is 10.2. The summed E-state index contributed by atoms with van der Waals surface area (Å²) >= 11 is 0. The normalized spacial score (nSPS) is 17.2. The summed E-state index contributed by atoms with van der Waals surface area (Å²) in [5.74, 6) is 1.75. The summed E-state index contributed by atoms with van der Waals surface area (Å²) in [4.78, 5) is 10.3. The number of rotatable bonds is 5. The second-order valence-electron chi connectivity index (χ2n) is 5.66. The van der Waals surface area contributed by atoms with Crippen molar-refractivity contribution in [3.63, 3.8) is 0 Å². The molecule has 0 bridgehead atoms. The minimum atomic E-state index is 0.693. The van der Waals surface area contributed by atoms with Crippen molar-refractivity contribution < 1.29 is 0 Å². The van der Waals surface area contributed by atoms with E-state index < -0.39 is 0 Å². The van der Waals surface area contributed by atoms with Crippen LogP contribution < -0.4 is 10.2 Å². The molecule has 18 heavy (non-hydrogen) atoms. The van der Waals surface area contributed by atoms with E-state index in [1.54, 1.807) is 0 Å². The van der Waals surface area contributed by atoms with Crippen LogP contribution in [0.2, 0.25) is 0 Å². The number of anilines is 1. The van der Waals surface area contributed by atoms with Gasteiger partial charge in [-0.25, -0.2) is 4.98 Å². The van der Waals surface area contributed by atoms with E-state index >= 15 is 0 Å². The van der Waals surface area contributed by atoms with E-state index in [9.17, 15) is 0 Å². The molecule has 1 aromatic rings. The highest BCUT2D eigenvalue weighted by Crippen LogP contribution is 2.16. The summed E-state index contributed by atoms with van der Waals surface area (Å²) in [6.45, 7) is 8.68. The van der Waals surface area contributed by atoms with Gasteiger partial charge in [0.2, 0.25) is 5.95 Å². The predicted octanol–water partition coefficient (Wildman–Crippen LogP) is 2.54. The number of imidazole rings is 1. The Hall–Kier alpha value is -1.03. The van der Waals surface area contributed by atoms with Crippen molar-refractivity contribution in [3.05, 3.63) is 11.9 Å². The van der Waals surface area contributed by atoms with Crippen LogP contribution in [-0.2, 0) is 6.54 Å². The molecule has 4 heteroatoms. The zero-order valence-corrected chi connectivity index (χ0v) is 11.7. The smallest absolute Gasteiger partial charge is 0.202 e. The van der Waals surface area contributed by atoms with Gasteiger partial charge in [0, 0.05) is 19.6 Å². The van der Waals surface area contributed by atoms with E-state index in [1.807, 2.05) is 6.20 Å². The van der Waals surface area contributed by atoms with Gasteiger partial charge in [0.1, 0.15) is 0 Å². The van der Waals surface area contributed by atoms with E-state index in [4.69, 9.17) is 0 Å². The van der Waals surface area contributed by atoms with Gasteiger partial charge in [-0.05, 0) is 25.3 Å². The SMILES string of the molecule is CC(C)CNCc1cnc(N2CCCCCC2)[nH]1. The van der Waals surface area contributed by atoms with Gasteiger partial charge in [0.05, 0.1) is 11.9 Å². The molecule has 4 nitrogen and oxygen atoms in total. The summed E-state index contributed by atoms with van der Waals surface area (Å²) in [6, 6.07) is 0. The monoisotopic (exact) mass is 250 g/mol. The van der Waals surface area contributed by atoms with Gasteiger partial charge < -0.3 is 15.2 Å². The van der Waals surface area contributed by atoms with Crippen molar-refractivity contribution in [3.8, 4) is 0 Å². The maximum absolute atomic E-state index is 4.51. The molecule has 2 rings (SSSR count). The van der Waals surface area contributed by atoms with E-state index in [1.165, 1.54) is 31.4 Å². The molecule has 0 unspecified atom stereocenters. The van der Waals surface area contributed by atoms with Crippen molar-refractivity contribution in [1.82, 2.24) is 15.3 Å². The fraction of sp³-hybridized carbons (Fsp3) is 0.786. The minimum absolute atomic E-state index is 0.693. The third kappa shape index (κ3) is 4.02. The Morgan fingerprint density at radius 3 is 2.67 bits per heavy atom. The van der Waals surface area contributed by atoms with Gasteiger partial charge in [0.15, 0.2) is 0 Å². The lowest BCUT2D eigenvalue weighted by molar-refractivity contribution is 0.549. The topological polar surface area (TPSA) is 44.0 Å². The Morgan fingerprint density at radius 2 is 2.00 bits per heavy atom. The molecule has 0 aromatic carbocycles. The largest absolute Gasteiger partial charge is 0.342 e. The van der Waals surface area contributed by atoms with Crippen LogP contribution in [0.4, 0.5) is 5.95 Å². The van der Waals surface area contributed by atoms with Gasteiger partial charge in [-0.15, -0.1) is 0 Å². The number of hydrogen-bond acceptors (Lipinski definition) is 3. The van der Waals surface area contributed by atoms with Crippen molar-refractivity contribution in [2.24, 2.45) is 5.92 Å². The van der Waals surface area contributed by atoms with Crippen LogP contribution in [0.3, 0.4) is 0 Å². The highest BCUT2D eigenvalue weighted by atomic mass is 15.3. The molecule has 1 aromatic heterocycles. The average Bonchev–Trinajstić information content (AvgIpc) is 2.63. The van der Waals surface area contributed by atoms with E-state index in [0.29, 0.717) is 5.92 Å². The number of nitrogens with one attached hydrogen (secondary N) is 2. The first-order valence-corrected chi connectivity index (χ1v) is 7.25. The van der Waals surface area contributed by atoms with Crippen molar-refractivity contribution in [2.45, 2.75) is 46.1 Å². The van der Waals surface area contributed by atoms with Crippen LogP contribution in [0.5, 0.6) is 0 Å². The van der Waals surface area contributed by atoms with Crippen LogP contribution in [0.15, 0.2) is 6.20 Å². The lowest BCUT2D eigenvalue weighted by Gasteiger charge is -2.18. The second-order valence-corrected chi connectivity index (χ2v) is 5.66. The predicted molar refractivity (Wildman–Crippen MR) is 75.8 cm³/mol. The molecular weight excluding hydrogens is 224 g/mol. The lowest BCUT2D eigenvalue weighted by Crippen LogP contribution is -2.25. The summed E-state index contributed by atoms with van der Waals surface area (Å²) in [5, 5.41) is 3.44. The van der Waals surface area contributed by atoms with Crippen LogP contribution in [0.25, 0.3) is 0 Å². The summed E-state index contributed by atoms with van der Waals surface area (Å²) in [5.41, 5.74) is 1.19. The first kappa shape index (κ1) is 13.4. The van der Waals surface area contributed by atoms with Gasteiger partial charge in [-0.3, -0.25) is 0 Å². The standard InChI is InChI=1S/C14H26N4/c1-12(2)9-15-10-13-11-16-14(17-13)18-7-5-3-4-6-8-18/h11-12,15H,3-10H2,1-2H3,(H,16,17). The molecule has 0 radical (unpaired) electrons. The number of nitrogens with zero attached hydrogens (tertiary/aromatic N) is 2. The van der Waals surface area contributed by atoms with Gasteiger partial charge in [-0.2, -0.15) is 0 Å². The van der Waals surface area contributed by atoms with Crippen molar-refractivity contribution in [1.29, 1.82) is 0 Å². The van der Waals surface area contributed by atoms with Gasteiger partial charge in [0.25, 0.3) is 0 Å². The Kier molecular flexibility index (Phi) is 5.05. The zero-order valence-electron chi connectivity index (χ0n) is 11.7. The Morgan fingerprint density at radius 1 is 1.28 bits per heavy atom. The Balaban J connectivity index is 1.84. The molecule has 0 saturated carbocycles. The Bertz CT molecular complexity index is 337. The second kappa shape index (κ2) is 6.78. The number of aromatic nitrogens is 2. The third-order valence-corrected chi connectivity index (χ3v) is 3.39. The van der Waals surface area contributed by atoms with Gasteiger partial charge in [-0.1, -0.05) is 26.7 Å². The summed E-state index contributed by atoms with van der Waals surface area (Å²) in [6.07, 6.45) is 7.27. The fourth-order valence-corrected chi connectivity index (χ4v) is 2.38. The summed E-state index contributed by atoms with van der Waals surface area (Å²) in [7, 11) is 0. The highest BCUT2D eigenvalue weighted by Gasteiger charge is 2.12. The maximum atomic E-state index is 4.51. The molecule has 0 atom stereocenters. The first-order valence-electron chi connectivity index (χ1n) is 7.25. The number of hydrogen-bond donors (Lipinski definition) is 2. The molecule has 1 aliphatic rings. The van der Waals surface area contributed by atoms with E-state index in [0.717, 1.165) is 32.1 Å². The maximum Gasteiger partial charge on any atom is 0.202 e. The molecule has 1 saturated heterocycles. The molecule has 1 aliphatic heterocycles. The molecule has 0 aliphatic carbocycles.